The first-order valence-electron chi connectivity index (χ1n) is 7.97. The Kier molecular flexibility index (Phi) is 4.55. The molecule has 1 aliphatic heterocycles. The van der Waals surface area contributed by atoms with Crippen LogP contribution in [0.2, 0.25) is 0 Å². The van der Waals surface area contributed by atoms with Crippen molar-refractivity contribution in [3.63, 3.8) is 0 Å². The third-order valence-electron chi connectivity index (χ3n) is 4.27. The second-order valence-corrected chi connectivity index (χ2v) is 5.89. The lowest BCUT2D eigenvalue weighted by Crippen LogP contribution is -2.45. The molecular weight excluding hydrogens is 294 g/mol. The summed E-state index contributed by atoms with van der Waals surface area (Å²) in [6, 6.07) is 5.74. The maximum atomic E-state index is 12.3. The highest BCUT2D eigenvalue weighted by Gasteiger charge is 2.26. The van der Waals surface area contributed by atoms with Gasteiger partial charge in [-0.1, -0.05) is 6.07 Å². The normalized spacial score (nSPS) is 18.1. The van der Waals surface area contributed by atoms with E-state index in [1.807, 2.05) is 28.8 Å². The second kappa shape index (κ2) is 6.76. The summed E-state index contributed by atoms with van der Waals surface area (Å²) < 4.78 is 1.92. The summed E-state index contributed by atoms with van der Waals surface area (Å²) in [5.41, 5.74) is 0.804. The molecule has 3 heterocycles. The third-order valence-corrected chi connectivity index (χ3v) is 4.27. The minimum absolute atomic E-state index is 0.0183. The van der Waals surface area contributed by atoms with Gasteiger partial charge in [0.25, 0.3) is 0 Å². The van der Waals surface area contributed by atoms with E-state index in [-0.39, 0.29) is 17.7 Å². The van der Waals surface area contributed by atoms with E-state index in [2.05, 4.69) is 15.5 Å². The molecule has 2 aromatic rings. The number of hydrogen-bond donors (Lipinski definition) is 1. The fraction of sp³-hybridized carbons (Fsp3) is 0.500. The van der Waals surface area contributed by atoms with E-state index < -0.39 is 0 Å². The van der Waals surface area contributed by atoms with E-state index in [1.165, 1.54) is 0 Å². The van der Waals surface area contributed by atoms with Crippen LogP contribution in [0.3, 0.4) is 0 Å². The van der Waals surface area contributed by atoms with Crippen molar-refractivity contribution in [2.45, 2.75) is 26.2 Å². The van der Waals surface area contributed by atoms with Gasteiger partial charge in [0, 0.05) is 39.2 Å². The number of nitrogens with one attached hydrogen (secondary N) is 1. The van der Waals surface area contributed by atoms with Crippen LogP contribution in [0.4, 0.5) is 0 Å². The Morgan fingerprint density at radius 2 is 2.22 bits per heavy atom. The molecular formula is C16H21N5O2. The average molecular weight is 315 g/mol. The summed E-state index contributed by atoms with van der Waals surface area (Å²) in [5.74, 6) is 0.778. The van der Waals surface area contributed by atoms with Crippen LogP contribution in [-0.4, -0.2) is 50.9 Å². The van der Waals surface area contributed by atoms with Gasteiger partial charge < -0.3 is 10.2 Å². The van der Waals surface area contributed by atoms with E-state index in [1.54, 1.807) is 11.8 Å². The van der Waals surface area contributed by atoms with E-state index in [0.29, 0.717) is 19.5 Å². The fourth-order valence-electron chi connectivity index (χ4n) is 2.98. The van der Waals surface area contributed by atoms with Crippen molar-refractivity contribution in [1.82, 2.24) is 24.8 Å². The van der Waals surface area contributed by atoms with Crippen LogP contribution >= 0.6 is 0 Å². The van der Waals surface area contributed by atoms with Crippen molar-refractivity contribution in [2.24, 2.45) is 5.92 Å². The Balaban J connectivity index is 1.52. The molecule has 2 aromatic heterocycles. The maximum Gasteiger partial charge on any atom is 0.224 e. The van der Waals surface area contributed by atoms with Crippen LogP contribution in [0.25, 0.3) is 5.65 Å². The lowest BCUT2D eigenvalue weighted by atomic mass is 9.97. The highest BCUT2D eigenvalue weighted by molar-refractivity contribution is 5.80. The standard InChI is InChI=1S/C16H21N5O2/c1-12(22)20-9-4-5-13(11-20)16(23)17-8-7-15-19-18-14-6-2-3-10-21(14)15/h2-3,6,10,13H,4-5,7-9,11H2,1H3,(H,17,23). The summed E-state index contributed by atoms with van der Waals surface area (Å²) in [7, 11) is 0. The molecule has 2 amide bonds. The Labute approximate surface area is 134 Å². The number of fused-ring (bicyclic) bond motifs is 1. The zero-order valence-corrected chi connectivity index (χ0v) is 13.2. The number of rotatable bonds is 4. The largest absolute Gasteiger partial charge is 0.355 e. The molecule has 0 radical (unpaired) electrons. The van der Waals surface area contributed by atoms with Crippen LogP contribution in [0.15, 0.2) is 24.4 Å². The first kappa shape index (κ1) is 15.5. The van der Waals surface area contributed by atoms with Gasteiger partial charge >= 0.3 is 0 Å². The summed E-state index contributed by atoms with van der Waals surface area (Å²) in [4.78, 5) is 25.5. The lowest BCUT2D eigenvalue weighted by molar-refractivity contribution is -0.133. The Bertz CT molecular complexity index is 711. The predicted octanol–water partition coefficient (Wildman–Crippen LogP) is 0.646. The lowest BCUT2D eigenvalue weighted by Gasteiger charge is -2.31. The molecule has 7 nitrogen and oxygen atoms in total. The first-order valence-corrected chi connectivity index (χ1v) is 7.97. The number of likely N-dealkylation sites (tertiary alicyclic amines) is 1. The number of piperidine rings is 1. The van der Waals surface area contributed by atoms with Gasteiger partial charge in [-0.05, 0) is 25.0 Å². The van der Waals surface area contributed by atoms with Crippen molar-refractivity contribution >= 4 is 17.5 Å². The number of carbonyl (C=O) groups excluding carboxylic acids is 2. The first-order chi connectivity index (χ1) is 11.1. The van der Waals surface area contributed by atoms with E-state index >= 15 is 0 Å². The van der Waals surface area contributed by atoms with Crippen molar-refractivity contribution in [2.75, 3.05) is 19.6 Å². The van der Waals surface area contributed by atoms with Gasteiger partial charge in [0.15, 0.2) is 5.65 Å². The third kappa shape index (κ3) is 3.49. The minimum atomic E-state index is -0.109. The van der Waals surface area contributed by atoms with Gasteiger partial charge in [-0.15, -0.1) is 10.2 Å². The molecule has 1 unspecified atom stereocenters. The number of pyridine rings is 1. The van der Waals surface area contributed by atoms with Gasteiger partial charge in [0.2, 0.25) is 11.8 Å². The summed E-state index contributed by atoms with van der Waals surface area (Å²) in [6.07, 6.45) is 4.26. The summed E-state index contributed by atoms with van der Waals surface area (Å²) in [6.45, 7) is 3.35. The zero-order chi connectivity index (χ0) is 16.2. The molecule has 0 bridgehead atoms. The zero-order valence-electron chi connectivity index (χ0n) is 13.2. The Morgan fingerprint density at radius 3 is 3.04 bits per heavy atom. The maximum absolute atomic E-state index is 12.3. The minimum Gasteiger partial charge on any atom is -0.355 e. The van der Waals surface area contributed by atoms with Crippen LogP contribution < -0.4 is 5.32 Å². The molecule has 23 heavy (non-hydrogen) atoms. The van der Waals surface area contributed by atoms with Crippen LogP contribution in [0, 0.1) is 5.92 Å². The van der Waals surface area contributed by atoms with Crippen molar-refractivity contribution in [1.29, 1.82) is 0 Å². The van der Waals surface area contributed by atoms with Crippen molar-refractivity contribution in [3.05, 3.63) is 30.2 Å². The monoisotopic (exact) mass is 315 g/mol. The second-order valence-electron chi connectivity index (χ2n) is 5.89. The average Bonchev–Trinajstić information content (AvgIpc) is 2.98. The van der Waals surface area contributed by atoms with Gasteiger partial charge in [-0.3, -0.25) is 14.0 Å². The molecule has 1 fully saturated rings. The molecule has 122 valence electrons. The molecule has 1 aliphatic rings. The highest BCUT2D eigenvalue weighted by Crippen LogP contribution is 2.16. The number of carbonyl (C=O) groups is 2. The summed E-state index contributed by atoms with van der Waals surface area (Å²) in [5, 5.41) is 11.2. The number of aromatic nitrogens is 3. The van der Waals surface area contributed by atoms with Crippen molar-refractivity contribution < 1.29 is 9.59 Å². The topological polar surface area (TPSA) is 79.6 Å². The predicted molar refractivity (Wildman–Crippen MR) is 84.7 cm³/mol. The number of hydrogen-bond acceptors (Lipinski definition) is 4. The van der Waals surface area contributed by atoms with E-state index in [9.17, 15) is 9.59 Å². The SMILES string of the molecule is CC(=O)N1CCCC(C(=O)NCCc2nnc3ccccn23)C1. The van der Waals surface area contributed by atoms with Crippen LogP contribution in [0.1, 0.15) is 25.6 Å². The van der Waals surface area contributed by atoms with Gasteiger partial charge in [0.05, 0.1) is 5.92 Å². The molecule has 1 saturated heterocycles. The molecule has 7 heteroatoms. The molecule has 0 spiro atoms. The molecule has 3 rings (SSSR count). The molecule has 0 saturated carbocycles. The van der Waals surface area contributed by atoms with E-state index in [0.717, 1.165) is 30.9 Å². The molecule has 1 N–H and O–H groups in total. The van der Waals surface area contributed by atoms with E-state index in [4.69, 9.17) is 0 Å². The Hall–Kier alpha value is -2.44. The fourth-order valence-corrected chi connectivity index (χ4v) is 2.98. The van der Waals surface area contributed by atoms with Crippen LogP contribution in [0.5, 0.6) is 0 Å². The van der Waals surface area contributed by atoms with Gasteiger partial charge in [-0.25, -0.2) is 0 Å². The number of nitrogens with zero attached hydrogens (tertiary/aromatic N) is 4. The Morgan fingerprint density at radius 1 is 1.35 bits per heavy atom. The number of amides is 2. The molecule has 0 aromatic carbocycles. The molecule has 0 aliphatic carbocycles. The van der Waals surface area contributed by atoms with Crippen LogP contribution in [-0.2, 0) is 16.0 Å². The molecule has 1 atom stereocenters. The highest BCUT2D eigenvalue weighted by atomic mass is 16.2. The summed E-state index contributed by atoms with van der Waals surface area (Å²) >= 11 is 0. The van der Waals surface area contributed by atoms with Gasteiger partial charge in [-0.2, -0.15) is 0 Å². The van der Waals surface area contributed by atoms with Gasteiger partial charge in [0.1, 0.15) is 5.82 Å². The quantitative estimate of drug-likeness (QED) is 0.898. The van der Waals surface area contributed by atoms with Crippen molar-refractivity contribution in [3.8, 4) is 0 Å². The smallest absolute Gasteiger partial charge is 0.224 e.